The highest BCUT2D eigenvalue weighted by Gasteiger charge is 2.42. The third-order valence-electron chi connectivity index (χ3n) is 4.84. The van der Waals surface area contributed by atoms with Gasteiger partial charge in [-0.3, -0.25) is 4.79 Å². The first-order valence-electron chi connectivity index (χ1n) is 8.35. The van der Waals surface area contributed by atoms with E-state index in [2.05, 4.69) is 10.6 Å². The van der Waals surface area contributed by atoms with Gasteiger partial charge in [0.2, 0.25) is 5.91 Å². The Hall–Kier alpha value is -1.89. The van der Waals surface area contributed by atoms with Crippen LogP contribution in [0.1, 0.15) is 24.8 Å². The molecule has 130 valence electrons. The fourth-order valence-corrected chi connectivity index (χ4v) is 5.04. The number of benzene rings is 1. The van der Waals surface area contributed by atoms with Crippen molar-refractivity contribution in [2.75, 3.05) is 11.5 Å². The first-order valence-corrected chi connectivity index (χ1v) is 9.40. The van der Waals surface area contributed by atoms with Crippen molar-refractivity contribution in [2.24, 2.45) is 11.7 Å². The molecule has 0 saturated carbocycles. The molecule has 1 aromatic carbocycles. The van der Waals surface area contributed by atoms with Gasteiger partial charge >= 0.3 is 6.03 Å². The molecule has 2 heterocycles. The molecule has 6 nitrogen and oxygen atoms in total. The van der Waals surface area contributed by atoms with Crippen molar-refractivity contribution in [3.8, 4) is 0 Å². The van der Waals surface area contributed by atoms with Gasteiger partial charge in [0, 0.05) is 22.6 Å². The van der Waals surface area contributed by atoms with Gasteiger partial charge in [0.25, 0.3) is 0 Å². The minimum absolute atomic E-state index is 0.0614. The Kier molecular flexibility index (Phi) is 5.18. The van der Waals surface area contributed by atoms with E-state index >= 15 is 0 Å². The molecule has 0 radical (unpaired) electrons. The van der Waals surface area contributed by atoms with Crippen LogP contribution < -0.4 is 22.1 Å². The number of carbonyl (C=O) groups is 2. The Morgan fingerprint density at radius 2 is 2.04 bits per heavy atom. The summed E-state index contributed by atoms with van der Waals surface area (Å²) in [4.78, 5) is 23.1. The second-order valence-corrected chi connectivity index (χ2v) is 7.87. The molecule has 0 spiro atoms. The van der Waals surface area contributed by atoms with Crippen LogP contribution in [0, 0.1) is 5.92 Å². The fraction of sp³-hybridized carbons (Fsp3) is 0.529. The summed E-state index contributed by atoms with van der Waals surface area (Å²) in [6, 6.07) is 7.98. The van der Waals surface area contributed by atoms with Crippen molar-refractivity contribution in [3.05, 3.63) is 29.8 Å². The van der Waals surface area contributed by atoms with Gasteiger partial charge in [-0.05, 0) is 37.0 Å². The molecule has 1 unspecified atom stereocenters. The maximum atomic E-state index is 11.7. The lowest BCUT2D eigenvalue weighted by atomic mass is 9.92. The van der Waals surface area contributed by atoms with E-state index in [-0.39, 0.29) is 29.9 Å². The minimum atomic E-state index is -0.250. The molecule has 2 aliphatic heterocycles. The largest absolute Gasteiger partial charge is 0.399 e. The molecule has 0 bridgehead atoms. The number of rotatable bonds is 7. The van der Waals surface area contributed by atoms with Crippen LogP contribution in [0.2, 0.25) is 0 Å². The molecule has 24 heavy (non-hydrogen) atoms. The molecular formula is C17H24N4O2S. The van der Waals surface area contributed by atoms with Gasteiger partial charge in [-0.1, -0.05) is 18.6 Å². The third kappa shape index (κ3) is 3.95. The average molecular weight is 348 g/mol. The number of fused-ring (bicyclic) bond motifs is 1. The highest BCUT2D eigenvalue weighted by Crippen LogP contribution is 2.33. The summed E-state index contributed by atoms with van der Waals surface area (Å²) >= 11 is 1.89. The summed E-state index contributed by atoms with van der Waals surface area (Å²) in [6.07, 6.45) is 3.34. The van der Waals surface area contributed by atoms with Crippen molar-refractivity contribution in [3.63, 3.8) is 0 Å². The molecule has 0 aliphatic carbocycles. The molecule has 0 aromatic heterocycles. The molecule has 3 rings (SSSR count). The molecule has 4 atom stereocenters. The first kappa shape index (κ1) is 17.0. The van der Waals surface area contributed by atoms with Crippen LogP contribution in [-0.2, 0) is 11.2 Å². The number of nitrogen functional groups attached to an aromatic ring is 1. The number of anilines is 1. The van der Waals surface area contributed by atoms with E-state index in [9.17, 15) is 9.59 Å². The SMILES string of the molecule is NC(=O)C(CCC[C@@H]1SC[C@@H]2NC(=O)N[C@@H]21)Cc1ccc(N)cc1. The normalized spacial score (nSPS) is 26.5. The number of urea groups is 1. The van der Waals surface area contributed by atoms with Gasteiger partial charge in [-0.15, -0.1) is 0 Å². The van der Waals surface area contributed by atoms with Crippen LogP contribution >= 0.6 is 11.8 Å². The van der Waals surface area contributed by atoms with Gasteiger partial charge < -0.3 is 22.1 Å². The third-order valence-corrected chi connectivity index (χ3v) is 6.35. The van der Waals surface area contributed by atoms with Gasteiger partial charge in [0.05, 0.1) is 12.1 Å². The highest BCUT2D eigenvalue weighted by molar-refractivity contribution is 8.00. The van der Waals surface area contributed by atoms with E-state index in [1.165, 1.54) is 0 Å². The molecule has 2 aliphatic rings. The lowest BCUT2D eigenvalue weighted by Crippen LogP contribution is -2.37. The maximum Gasteiger partial charge on any atom is 0.315 e. The van der Waals surface area contributed by atoms with E-state index in [1.54, 1.807) is 0 Å². The maximum absolute atomic E-state index is 11.7. The second-order valence-electron chi connectivity index (χ2n) is 6.60. The van der Waals surface area contributed by atoms with Crippen LogP contribution in [0.3, 0.4) is 0 Å². The van der Waals surface area contributed by atoms with Crippen molar-refractivity contribution >= 4 is 29.4 Å². The van der Waals surface area contributed by atoms with Crippen LogP contribution in [0.4, 0.5) is 10.5 Å². The number of amides is 3. The quantitative estimate of drug-likeness (QED) is 0.439. The Balaban J connectivity index is 1.49. The second kappa shape index (κ2) is 7.34. The fourth-order valence-electron chi connectivity index (χ4n) is 3.49. The van der Waals surface area contributed by atoms with Crippen LogP contribution in [0.25, 0.3) is 0 Å². The number of carbonyl (C=O) groups excluding carboxylic acids is 2. The lowest BCUT2D eigenvalue weighted by molar-refractivity contribution is -0.122. The summed E-state index contributed by atoms with van der Waals surface area (Å²) < 4.78 is 0. The summed E-state index contributed by atoms with van der Waals surface area (Å²) in [5.41, 5.74) is 13.1. The zero-order valence-corrected chi connectivity index (χ0v) is 14.4. The van der Waals surface area contributed by atoms with Gasteiger partial charge in [-0.25, -0.2) is 4.79 Å². The van der Waals surface area contributed by atoms with E-state index in [1.807, 2.05) is 36.0 Å². The number of nitrogens with one attached hydrogen (secondary N) is 2. The van der Waals surface area contributed by atoms with Crippen LogP contribution in [-0.4, -0.2) is 35.0 Å². The zero-order chi connectivity index (χ0) is 17.1. The smallest absolute Gasteiger partial charge is 0.315 e. The average Bonchev–Trinajstić information content (AvgIpc) is 3.08. The summed E-state index contributed by atoms with van der Waals surface area (Å²) in [5, 5.41) is 6.36. The summed E-state index contributed by atoms with van der Waals surface area (Å²) in [5.74, 6) is 0.547. The number of primary amides is 1. The van der Waals surface area contributed by atoms with Gasteiger partial charge in [-0.2, -0.15) is 11.8 Å². The highest BCUT2D eigenvalue weighted by atomic mass is 32.2. The molecule has 2 fully saturated rings. The van der Waals surface area contributed by atoms with Gasteiger partial charge in [0.15, 0.2) is 0 Å². The predicted molar refractivity (Wildman–Crippen MR) is 96.6 cm³/mol. The monoisotopic (exact) mass is 348 g/mol. The van der Waals surface area contributed by atoms with Crippen molar-refractivity contribution in [2.45, 2.75) is 43.0 Å². The van der Waals surface area contributed by atoms with E-state index in [0.29, 0.717) is 11.7 Å². The van der Waals surface area contributed by atoms with E-state index in [0.717, 1.165) is 36.3 Å². The zero-order valence-electron chi connectivity index (χ0n) is 13.5. The predicted octanol–water partition coefficient (Wildman–Crippen LogP) is 1.25. The Bertz CT molecular complexity index is 607. The lowest BCUT2D eigenvalue weighted by Gasteiger charge is -2.18. The standard InChI is InChI=1S/C17H24N4O2S/c18-12-6-4-10(5-7-12)8-11(16(19)22)2-1-3-14-15-13(9-24-14)20-17(23)21-15/h4-7,11,13-15H,1-3,8-9,18H2,(H2,19,22)(H2,20,21,23)/t11?,13-,14-,15-/m0/s1. The number of nitrogens with two attached hydrogens (primary N) is 2. The summed E-state index contributed by atoms with van der Waals surface area (Å²) in [7, 11) is 0. The molecule has 1 aromatic rings. The van der Waals surface area contributed by atoms with Crippen molar-refractivity contribution < 1.29 is 9.59 Å². The molecule has 7 heteroatoms. The van der Waals surface area contributed by atoms with Crippen molar-refractivity contribution in [1.29, 1.82) is 0 Å². The van der Waals surface area contributed by atoms with Crippen LogP contribution in [0.5, 0.6) is 0 Å². The topological polar surface area (TPSA) is 110 Å². The summed E-state index contributed by atoms with van der Waals surface area (Å²) in [6.45, 7) is 0. The Morgan fingerprint density at radius 3 is 2.75 bits per heavy atom. The van der Waals surface area contributed by atoms with Gasteiger partial charge in [0.1, 0.15) is 0 Å². The van der Waals surface area contributed by atoms with Crippen molar-refractivity contribution in [1.82, 2.24) is 10.6 Å². The number of hydrogen-bond acceptors (Lipinski definition) is 4. The molecular weight excluding hydrogens is 324 g/mol. The van der Waals surface area contributed by atoms with E-state index < -0.39 is 0 Å². The minimum Gasteiger partial charge on any atom is -0.399 e. The molecule has 2 saturated heterocycles. The Morgan fingerprint density at radius 1 is 1.29 bits per heavy atom. The number of hydrogen-bond donors (Lipinski definition) is 4. The number of thioether (sulfide) groups is 1. The molecule has 3 amide bonds. The van der Waals surface area contributed by atoms with E-state index in [4.69, 9.17) is 11.5 Å². The molecule has 6 N–H and O–H groups in total. The first-order chi connectivity index (χ1) is 11.5. The van der Waals surface area contributed by atoms with Crippen LogP contribution in [0.15, 0.2) is 24.3 Å². The Labute approximate surface area is 146 Å².